The Labute approximate surface area is 125 Å². The molecule has 2 rings (SSSR count). The van der Waals surface area contributed by atoms with Gasteiger partial charge in [-0.05, 0) is 55.8 Å². The predicted molar refractivity (Wildman–Crippen MR) is 83.5 cm³/mol. The van der Waals surface area contributed by atoms with E-state index in [-0.39, 0.29) is 0 Å². The van der Waals surface area contributed by atoms with Crippen molar-refractivity contribution in [3.05, 3.63) is 34.3 Å². The second-order valence-corrected chi connectivity index (χ2v) is 6.36. The van der Waals surface area contributed by atoms with Crippen LogP contribution in [0.3, 0.4) is 0 Å². The smallest absolute Gasteiger partial charge is 0.0495 e. The standard InChI is InChI=1S/C16H24BrNO/c1-2-8-18-16(11-14-7-9-19-12-14)10-13-3-5-15(17)6-4-13/h3-6,14,16,18H,2,7-12H2,1H3. The van der Waals surface area contributed by atoms with Crippen LogP contribution in [0.2, 0.25) is 0 Å². The number of rotatable bonds is 7. The van der Waals surface area contributed by atoms with Gasteiger partial charge in [-0.3, -0.25) is 0 Å². The van der Waals surface area contributed by atoms with Gasteiger partial charge in [-0.15, -0.1) is 0 Å². The van der Waals surface area contributed by atoms with Crippen molar-refractivity contribution >= 4 is 15.9 Å². The first-order valence-corrected chi connectivity index (χ1v) is 8.12. The number of hydrogen-bond acceptors (Lipinski definition) is 2. The highest BCUT2D eigenvalue weighted by Gasteiger charge is 2.20. The van der Waals surface area contributed by atoms with Crippen LogP contribution in [-0.2, 0) is 11.2 Å². The third kappa shape index (κ3) is 5.25. The topological polar surface area (TPSA) is 21.3 Å². The lowest BCUT2D eigenvalue weighted by molar-refractivity contribution is 0.181. The van der Waals surface area contributed by atoms with Gasteiger partial charge < -0.3 is 10.1 Å². The largest absolute Gasteiger partial charge is 0.381 e. The van der Waals surface area contributed by atoms with E-state index in [1.165, 1.54) is 24.8 Å². The number of benzene rings is 1. The Morgan fingerprint density at radius 3 is 2.79 bits per heavy atom. The van der Waals surface area contributed by atoms with Crippen molar-refractivity contribution in [1.29, 1.82) is 0 Å². The summed E-state index contributed by atoms with van der Waals surface area (Å²) in [5, 5.41) is 3.69. The maximum absolute atomic E-state index is 5.49. The summed E-state index contributed by atoms with van der Waals surface area (Å²) in [6, 6.07) is 9.27. The van der Waals surface area contributed by atoms with Crippen molar-refractivity contribution < 1.29 is 4.74 Å². The molecule has 106 valence electrons. The van der Waals surface area contributed by atoms with Crippen molar-refractivity contribution in [3.8, 4) is 0 Å². The van der Waals surface area contributed by atoms with Crippen LogP contribution >= 0.6 is 15.9 Å². The van der Waals surface area contributed by atoms with Gasteiger partial charge in [0.05, 0.1) is 0 Å². The van der Waals surface area contributed by atoms with Gasteiger partial charge in [0.1, 0.15) is 0 Å². The summed E-state index contributed by atoms with van der Waals surface area (Å²) in [6.45, 7) is 5.23. The number of halogens is 1. The molecule has 1 N–H and O–H groups in total. The van der Waals surface area contributed by atoms with E-state index in [2.05, 4.69) is 52.4 Å². The normalized spacial score (nSPS) is 20.6. The average Bonchev–Trinajstić information content (AvgIpc) is 2.91. The van der Waals surface area contributed by atoms with E-state index in [9.17, 15) is 0 Å². The van der Waals surface area contributed by atoms with E-state index >= 15 is 0 Å². The Morgan fingerprint density at radius 1 is 1.37 bits per heavy atom. The lowest BCUT2D eigenvalue weighted by atomic mass is 9.94. The Bertz CT molecular complexity index is 360. The first-order valence-electron chi connectivity index (χ1n) is 7.33. The SMILES string of the molecule is CCCNC(Cc1ccc(Br)cc1)CC1CCOC1. The van der Waals surface area contributed by atoms with E-state index in [1.54, 1.807) is 0 Å². The molecule has 0 amide bonds. The van der Waals surface area contributed by atoms with Crippen molar-refractivity contribution in [3.63, 3.8) is 0 Å². The molecule has 0 aromatic heterocycles. The average molecular weight is 326 g/mol. The fourth-order valence-electron chi connectivity index (χ4n) is 2.66. The molecular formula is C16H24BrNO. The van der Waals surface area contributed by atoms with Crippen molar-refractivity contribution in [2.75, 3.05) is 19.8 Å². The molecular weight excluding hydrogens is 302 g/mol. The van der Waals surface area contributed by atoms with E-state index < -0.39 is 0 Å². The molecule has 0 aliphatic carbocycles. The lowest BCUT2D eigenvalue weighted by Crippen LogP contribution is -2.34. The van der Waals surface area contributed by atoms with Crippen LogP contribution in [-0.4, -0.2) is 25.8 Å². The zero-order valence-corrected chi connectivity index (χ0v) is 13.3. The Kier molecular flexibility index (Phi) is 6.35. The molecule has 0 bridgehead atoms. The summed E-state index contributed by atoms with van der Waals surface area (Å²) in [5.74, 6) is 0.741. The Hall–Kier alpha value is -0.380. The summed E-state index contributed by atoms with van der Waals surface area (Å²) in [5.41, 5.74) is 1.41. The first-order chi connectivity index (χ1) is 9.28. The maximum atomic E-state index is 5.49. The molecule has 0 saturated carbocycles. The first kappa shape index (κ1) is 15.0. The Balaban J connectivity index is 1.89. The van der Waals surface area contributed by atoms with Gasteiger partial charge in [0.25, 0.3) is 0 Å². The van der Waals surface area contributed by atoms with E-state index in [0.717, 1.165) is 36.6 Å². The molecule has 1 aliphatic rings. The van der Waals surface area contributed by atoms with Gasteiger partial charge in [0, 0.05) is 23.7 Å². The molecule has 19 heavy (non-hydrogen) atoms. The second-order valence-electron chi connectivity index (χ2n) is 5.45. The summed E-state index contributed by atoms with van der Waals surface area (Å²) in [4.78, 5) is 0. The van der Waals surface area contributed by atoms with Crippen LogP contribution in [0.1, 0.15) is 31.7 Å². The van der Waals surface area contributed by atoms with Crippen molar-refractivity contribution in [2.45, 2.75) is 38.6 Å². The van der Waals surface area contributed by atoms with E-state index in [0.29, 0.717) is 6.04 Å². The molecule has 1 aromatic rings. The van der Waals surface area contributed by atoms with Crippen LogP contribution in [0.25, 0.3) is 0 Å². The predicted octanol–water partition coefficient (Wildman–Crippen LogP) is 3.79. The van der Waals surface area contributed by atoms with E-state index in [4.69, 9.17) is 4.74 Å². The molecule has 2 atom stereocenters. The van der Waals surface area contributed by atoms with Crippen molar-refractivity contribution in [1.82, 2.24) is 5.32 Å². The second kappa shape index (κ2) is 8.03. The third-order valence-corrected chi connectivity index (χ3v) is 4.25. The maximum Gasteiger partial charge on any atom is 0.0495 e. The third-order valence-electron chi connectivity index (χ3n) is 3.72. The van der Waals surface area contributed by atoms with Crippen LogP contribution in [0.15, 0.2) is 28.7 Å². The minimum atomic E-state index is 0.577. The molecule has 0 spiro atoms. The minimum absolute atomic E-state index is 0.577. The van der Waals surface area contributed by atoms with Crippen molar-refractivity contribution in [2.24, 2.45) is 5.92 Å². The molecule has 1 heterocycles. The highest BCUT2D eigenvalue weighted by Crippen LogP contribution is 2.20. The molecule has 1 aliphatic heterocycles. The molecule has 0 radical (unpaired) electrons. The quantitative estimate of drug-likeness (QED) is 0.823. The molecule has 2 nitrogen and oxygen atoms in total. The fraction of sp³-hybridized carbons (Fsp3) is 0.625. The van der Waals surface area contributed by atoms with Crippen LogP contribution in [0.5, 0.6) is 0 Å². The molecule has 3 heteroatoms. The summed E-state index contributed by atoms with van der Waals surface area (Å²) in [7, 11) is 0. The van der Waals surface area contributed by atoms with Crippen LogP contribution in [0.4, 0.5) is 0 Å². The zero-order chi connectivity index (χ0) is 13.5. The van der Waals surface area contributed by atoms with Crippen LogP contribution in [0, 0.1) is 5.92 Å². The van der Waals surface area contributed by atoms with Gasteiger partial charge in [-0.2, -0.15) is 0 Å². The number of ether oxygens (including phenoxy) is 1. The zero-order valence-electron chi connectivity index (χ0n) is 11.7. The van der Waals surface area contributed by atoms with Gasteiger partial charge in [0.15, 0.2) is 0 Å². The fourth-order valence-corrected chi connectivity index (χ4v) is 2.93. The van der Waals surface area contributed by atoms with Crippen LogP contribution < -0.4 is 5.32 Å². The van der Waals surface area contributed by atoms with E-state index in [1.807, 2.05) is 0 Å². The lowest BCUT2D eigenvalue weighted by Gasteiger charge is -2.21. The highest BCUT2D eigenvalue weighted by molar-refractivity contribution is 9.10. The Morgan fingerprint density at radius 2 is 2.16 bits per heavy atom. The van der Waals surface area contributed by atoms with Gasteiger partial charge >= 0.3 is 0 Å². The molecule has 1 fully saturated rings. The summed E-state index contributed by atoms with van der Waals surface area (Å²) in [6.07, 6.45) is 4.77. The molecule has 1 saturated heterocycles. The monoisotopic (exact) mass is 325 g/mol. The summed E-state index contributed by atoms with van der Waals surface area (Å²) < 4.78 is 6.65. The van der Waals surface area contributed by atoms with Gasteiger partial charge in [0.2, 0.25) is 0 Å². The molecule has 2 unspecified atom stereocenters. The molecule has 1 aromatic carbocycles. The summed E-state index contributed by atoms with van der Waals surface area (Å²) >= 11 is 3.49. The number of hydrogen-bond donors (Lipinski definition) is 1. The van der Waals surface area contributed by atoms with Gasteiger partial charge in [-0.25, -0.2) is 0 Å². The highest BCUT2D eigenvalue weighted by atomic mass is 79.9. The van der Waals surface area contributed by atoms with Gasteiger partial charge in [-0.1, -0.05) is 35.0 Å². The minimum Gasteiger partial charge on any atom is -0.381 e. The number of nitrogens with one attached hydrogen (secondary N) is 1.